The van der Waals surface area contributed by atoms with Crippen LogP contribution in [0.4, 0.5) is 4.39 Å². The van der Waals surface area contributed by atoms with E-state index in [1.165, 1.54) is 27.8 Å². The third kappa shape index (κ3) is 8.54. The highest BCUT2D eigenvalue weighted by molar-refractivity contribution is 8.10. The number of nitrogens with one attached hydrogen (secondary N) is 1. The average molecular weight is 686 g/mol. The van der Waals surface area contributed by atoms with E-state index in [2.05, 4.69) is 46.3 Å². The summed E-state index contributed by atoms with van der Waals surface area (Å²) in [4.78, 5) is 6.28. The van der Waals surface area contributed by atoms with Gasteiger partial charge in [0.2, 0.25) is 0 Å². The van der Waals surface area contributed by atoms with Gasteiger partial charge in [0, 0.05) is 129 Å². The number of hydrogen-bond acceptors (Lipinski definition) is 4. The SMILES string of the molecule is COc1cccc(COc2cc3c(cc2OC)CCN2C3Cc3c([nH]c4ccccc34)C2c2ccc(F)cc2)c1.[B]B([B])B(B([B])[B])B(B([B])[B])B([B])[B]. The van der Waals surface area contributed by atoms with Gasteiger partial charge in [0.25, 0.3) is 0 Å². The van der Waals surface area contributed by atoms with Crippen LogP contribution < -0.4 is 14.2 Å². The van der Waals surface area contributed by atoms with Crippen molar-refractivity contribution >= 4 is 111 Å². The van der Waals surface area contributed by atoms with Gasteiger partial charge in [-0.05, 0) is 83.1 Å². The molecule has 20 heteroatoms. The molecule has 244 valence electrons. The molecule has 2 atom stereocenters. The molecule has 16 radical (unpaired) electrons. The Morgan fingerprint density at radius 1 is 0.759 bits per heavy atom. The molecule has 5 nitrogen and oxygen atoms in total. The predicted octanol–water partition coefficient (Wildman–Crippen LogP) is 1.82. The Balaban J connectivity index is 0.000000304. The first-order valence-corrected chi connectivity index (χ1v) is 18.0. The number of fused-ring (bicyclic) bond motifs is 6. The van der Waals surface area contributed by atoms with Crippen molar-refractivity contribution in [1.29, 1.82) is 0 Å². The summed E-state index contributed by atoms with van der Waals surface area (Å²) in [7, 11) is 47.4. The van der Waals surface area contributed by atoms with Crippen molar-refractivity contribution in [2.75, 3.05) is 20.8 Å². The van der Waals surface area contributed by atoms with E-state index in [9.17, 15) is 4.39 Å². The van der Waals surface area contributed by atoms with Gasteiger partial charge in [-0.3, -0.25) is 4.90 Å². The van der Waals surface area contributed by atoms with E-state index < -0.39 is 38.3 Å². The molecule has 4 aromatic carbocycles. The molecule has 2 aliphatic rings. The van der Waals surface area contributed by atoms with Gasteiger partial charge in [-0.15, -0.1) is 0 Å². The first kappa shape index (κ1) is 40.3. The molecule has 0 aliphatic carbocycles. The molecule has 2 unspecified atom stereocenters. The highest BCUT2D eigenvalue weighted by Gasteiger charge is 2.41. The second-order valence-corrected chi connectivity index (χ2v) is 14.0. The molecule has 1 N–H and O–H groups in total. The maximum absolute atomic E-state index is 13.9. The lowest BCUT2D eigenvalue weighted by Gasteiger charge is -2.46. The molecule has 0 amide bonds. The van der Waals surface area contributed by atoms with Crippen LogP contribution in [-0.4, -0.2) is 131 Å². The summed E-state index contributed by atoms with van der Waals surface area (Å²) in [5.41, 5.74) is 8.33. The molecule has 54 heavy (non-hydrogen) atoms. The number of aromatic nitrogens is 1. The lowest BCUT2D eigenvalue weighted by molar-refractivity contribution is 0.127. The van der Waals surface area contributed by atoms with Crippen LogP contribution in [0.1, 0.15) is 45.6 Å². The standard InChI is InChI=1S/C34H31FN2O3.B14/c1-38-25-7-5-6-21(16-25)20-40-32-19-27-23(17-31(32)39-2)14-15-37-30(27)18-28-26-8-3-4-9-29(26)36-33(28)34(37)22-10-12-24(35)13-11-22;1-9(2)13(10(3)4)14(11(5)6)12(7)8/h3-13,16-17,19,30,34,36H,14-15,18,20H2,1-2H3;. The van der Waals surface area contributed by atoms with E-state index in [1.807, 2.05) is 36.4 Å². The molecule has 1 aromatic heterocycles. The van der Waals surface area contributed by atoms with Crippen LogP contribution >= 0.6 is 0 Å². The van der Waals surface area contributed by atoms with Crippen LogP contribution in [-0.2, 0) is 19.4 Å². The lowest BCUT2D eigenvalue weighted by Crippen LogP contribution is -2.72. The molecule has 2 aliphatic heterocycles. The fourth-order valence-electron chi connectivity index (χ4n) is 8.04. The number of aromatic amines is 1. The van der Waals surface area contributed by atoms with Gasteiger partial charge in [0.15, 0.2) is 11.5 Å². The number of halogens is 1. The van der Waals surface area contributed by atoms with Crippen molar-refractivity contribution in [3.63, 3.8) is 0 Å². The highest BCUT2D eigenvalue weighted by Crippen LogP contribution is 2.49. The maximum Gasteiger partial charge on any atom is 0.162 e. The summed E-state index contributed by atoms with van der Waals surface area (Å²) in [6.07, 6.45) is -2.30. The van der Waals surface area contributed by atoms with Gasteiger partial charge in [-0.2, -0.15) is 0 Å². The zero-order valence-electron chi connectivity index (χ0n) is 30.7. The normalized spacial score (nSPS) is 15.7. The number of benzene rings is 4. The minimum absolute atomic E-state index is 0.00171. The Bertz CT molecular complexity index is 2000. The van der Waals surface area contributed by atoms with Gasteiger partial charge < -0.3 is 19.2 Å². The van der Waals surface area contributed by atoms with Crippen LogP contribution in [0.5, 0.6) is 17.2 Å². The lowest BCUT2D eigenvalue weighted by atomic mass is 8.47. The largest absolute Gasteiger partial charge is 0.497 e. The van der Waals surface area contributed by atoms with Crippen molar-refractivity contribution < 1.29 is 18.6 Å². The van der Waals surface area contributed by atoms with E-state index in [1.54, 1.807) is 26.4 Å². The van der Waals surface area contributed by atoms with Crippen LogP contribution in [0.15, 0.2) is 84.9 Å². The predicted molar refractivity (Wildman–Crippen MR) is 234 cm³/mol. The molecule has 0 saturated heterocycles. The fourth-order valence-corrected chi connectivity index (χ4v) is 8.04. The Morgan fingerprint density at radius 2 is 1.43 bits per heavy atom. The van der Waals surface area contributed by atoms with E-state index in [0.29, 0.717) is 6.61 Å². The van der Waals surface area contributed by atoms with Crippen LogP contribution in [0.2, 0.25) is 0 Å². The summed E-state index contributed by atoms with van der Waals surface area (Å²) in [5, 5.41) is 1.25. The summed E-state index contributed by atoms with van der Waals surface area (Å²) < 4.78 is 31.5. The molecule has 5 aromatic rings. The van der Waals surface area contributed by atoms with Crippen molar-refractivity contribution in [2.24, 2.45) is 0 Å². The van der Waals surface area contributed by atoms with E-state index in [4.69, 9.17) is 76.1 Å². The molecule has 0 fully saturated rings. The van der Waals surface area contributed by atoms with Gasteiger partial charge in [0.05, 0.1) is 20.3 Å². The number of para-hydroxylation sites is 1. The topological polar surface area (TPSA) is 46.7 Å². The van der Waals surface area contributed by atoms with Crippen molar-refractivity contribution in [3.05, 3.63) is 124 Å². The monoisotopic (exact) mass is 688 g/mol. The first-order chi connectivity index (χ1) is 25.9. The van der Waals surface area contributed by atoms with E-state index in [0.717, 1.165) is 53.3 Å². The third-order valence-electron chi connectivity index (χ3n) is 10.6. The van der Waals surface area contributed by atoms with Crippen LogP contribution in [0.3, 0.4) is 0 Å². The zero-order chi connectivity index (χ0) is 38.7. The molecule has 0 bridgehead atoms. The quantitative estimate of drug-likeness (QED) is 0.216. The molecule has 3 heterocycles. The van der Waals surface area contributed by atoms with Gasteiger partial charge in [-0.25, -0.2) is 4.39 Å². The van der Waals surface area contributed by atoms with E-state index in [-0.39, 0.29) is 17.9 Å². The second-order valence-electron chi connectivity index (χ2n) is 14.0. The Labute approximate surface area is 332 Å². The minimum atomic E-state index is -0.760. The van der Waals surface area contributed by atoms with Crippen LogP contribution in [0, 0.1) is 5.82 Å². The number of hydrogen-bond donors (Lipinski definition) is 1. The first-order valence-electron chi connectivity index (χ1n) is 18.0. The molecule has 0 saturated carbocycles. The summed E-state index contributed by atoms with van der Waals surface area (Å²) in [6.45, 7) is 1.30. The number of ether oxygens (including phenoxy) is 3. The smallest absolute Gasteiger partial charge is 0.162 e. The van der Waals surface area contributed by atoms with Crippen LogP contribution in [0.25, 0.3) is 10.9 Å². The second kappa shape index (κ2) is 17.6. The number of rotatable bonds is 11. The third-order valence-corrected chi connectivity index (χ3v) is 10.6. The summed E-state index contributed by atoms with van der Waals surface area (Å²) in [5.74, 6) is 2.06. The van der Waals surface area contributed by atoms with Gasteiger partial charge in [-0.1, -0.05) is 42.5 Å². The molecular formula is C34H31B14FN2O3. The molecule has 7 rings (SSSR count). The maximum atomic E-state index is 13.9. The van der Waals surface area contributed by atoms with Crippen molar-refractivity contribution in [3.8, 4) is 17.2 Å². The highest BCUT2D eigenvalue weighted by atomic mass is 19.1. The minimum Gasteiger partial charge on any atom is -0.497 e. The Morgan fingerprint density at radius 3 is 2.06 bits per heavy atom. The van der Waals surface area contributed by atoms with E-state index >= 15 is 0 Å². The van der Waals surface area contributed by atoms with Crippen molar-refractivity contribution in [1.82, 2.24) is 9.88 Å². The van der Waals surface area contributed by atoms with Gasteiger partial charge in [0.1, 0.15) is 18.2 Å². The molecular weight excluding hydrogens is 655 g/mol. The van der Waals surface area contributed by atoms with Gasteiger partial charge >= 0.3 is 0 Å². The average Bonchev–Trinajstić information content (AvgIpc) is 3.53. The number of H-pyrrole nitrogens is 1. The fraction of sp³-hybridized carbons (Fsp3) is 0.235. The summed E-state index contributed by atoms with van der Waals surface area (Å²) >= 11 is 0. The number of nitrogens with zero attached hydrogens (tertiary/aromatic N) is 1. The number of methoxy groups -OCH3 is 2. The summed E-state index contributed by atoms with van der Waals surface area (Å²) in [6, 6.07) is 27.8. The Hall–Kier alpha value is -3.38. The molecule has 0 spiro atoms. The Kier molecular flexibility index (Phi) is 13.1. The van der Waals surface area contributed by atoms with Crippen molar-refractivity contribution in [2.45, 2.75) is 31.5 Å². The zero-order valence-corrected chi connectivity index (χ0v) is 30.7.